The highest BCUT2D eigenvalue weighted by Gasteiger charge is 2.37. The first-order valence-corrected chi connectivity index (χ1v) is 10.3. The quantitative estimate of drug-likeness (QED) is 0.868. The molecular formula is C18H25N5O2S. The molecule has 2 fully saturated rings. The first kappa shape index (κ1) is 17.6. The van der Waals surface area contributed by atoms with Gasteiger partial charge in [0, 0.05) is 6.54 Å². The number of carbonyl (C=O) groups is 1. The highest BCUT2D eigenvalue weighted by molar-refractivity contribution is 7.13. The molecule has 2 aliphatic rings. The second-order valence-electron chi connectivity index (χ2n) is 7.49. The Balaban J connectivity index is 1.39. The van der Waals surface area contributed by atoms with E-state index in [0.717, 1.165) is 56.4 Å². The van der Waals surface area contributed by atoms with Crippen molar-refractivity contribution in [3.05, 3.63) is 17.5 Å². The van der Waals surface area contributed by atoms with Crippen molar-refractivity contribution in [3.63, 3.8) is 0 Å². The number of carbonyl (C=O) groups excluding carboxylic acids is 1. The van der Waals surface area contributed by atoms with E-state index in [9.17, 15) is 9.90 Å². The molecule has 1 saturated carbocycles. The Bertz CT molecular complexity index is 739. The summed E-state index contributed by atoms with van der Waals surface area (Å²) in [5.74, 6) is 0.697. The molecule has 1 unspecified atom stereocenters. The van der Waals surface area contributed by atoms with E-state index in [-0.39, 0.29) is 18.4 Å². The molecule has 0 spiro atoms. The van der Waals surface area contributed by atoms with Crippen molar-refractivity contribution < 1.29 is 9.90 Å². The standard InChI is InChI=1S/C18H25N5O2S/c24-16(12-18(25)8-2-1-3-9-18)22-10-4-6-14(22)13-23-20-17(19-21-23)15-7-5-11-26-15/h5,7,11,14,25H,1-4,6,8-10,12-13H2. The van der Waals surface area contributed by atoms with Gasteiger partial charge in [0.25, 0.3) is 0 Å². The van der Waals surface area contributed by atoms with Crippen LogP contribution in [0.4, 0.5) is 0 Å². The fraction of sp³-hybridized carbons (Fsp3) is 0.667. The van der Waals surface area contributed by atoms with Crippen LogP contribution in [0.15, 0.2) is 17.5 Å². The first-order chi connectivity index (χ1) is 12.6. The van der Waals surface area contributed by atoms with Crippen LogP contribution < -0.4 is 0 Å². The summed E-state index contributed by atoms with van der Waals surface area (Å²) in [7, 11) is 0. The molecular weight excluding hydrogens is 350 g/mol. The van der Waals surface area contributed by atoms with Crippen LogP contribution in [0.2, 0.25) is 0 Å². The van der Waals surface area contributed by atoms with Gasteiger partial charge in [-0.2, -0.15) is 4.80 Å². The van der Waals surface area contributed by atoms with Crippen LogP contribution in [0.1, 0.15) is 51.4 Å². The van der Waals surface area contributed by atoms with Crippen LogP contribution in [0, 0.1) is 0 Å². The molecule has 7 nitrogen and oxygen atoms in total. The maximum Gasteiger partial charge on any atom is 0.225 e. The molecule has 3 heterocycles. The Morgan fingerprint density at radius 1 is 1.31 bits per heavy atom. The van der Waals surface area contributed by atoms with Crippen molar-refractivity contribution in [1.29, 1.82) is 0 Å². The van der Waals surface area contributed by atoms with E-state index in [1.807, 2.05) is 22.4 Å². The minimum atomic E-state index is -0.805. The number of tetrazole rings is 1. The maximum atomic E-state index is 12.8. The number of aliphatic hydroxyl groups is 1. The second-order valence-corrected chi connectivity index (χ2v) is 8.44. The topological polar surface area (TPSA) is 84.1 Å². The number of hydrogen-bond acceptors (Lipinski definition) is 6. The van der Waals surface area contributed by atoms with E-state index < -0.39 is 5.60 Å². The molecule has 1 atom stereocenters. The van der Waals surface area contributed by atoms with Gasteiger partial charge in [-0.15, -0.1) is 21.5 Å². The number of nitrogens with zero attached hydrogens (tertiary/aromatic N) is 5. The van der Waals surface area contributed by atoms with Gasteiger partial charge in [-0.1, -0.05) is 25.3 Å². The Kier molecular flexibility index (Phi) is 5.04. The largest absolute Gasteiger partial charge is 0.389 e. The summed E-state index contributed by atoms with van der Waals surface area (Å²) in [6.07, 6.45) is 6.85. The molecule has 2 aromatic rings. The third-order valence-electron chi connectivity index (χ3n) is 5.53. The SMILES string of the molecule is O=C(CC1(O)CCCCC1)N1CCCC1Cn1nnc(-c2cccs2)n1. The zero-order chi connectivity index (χ0) is 18.0. The Hall–Kier alpha value is -1.80. The van der Waals surface area contributed by atoms with Gasteiger partial charge in [-0.3, -0.25) is 4.79 Å². The normalized spacial score (nSPS) is 22.7. The number of likely N-dealkylation sites (tertiary alicyclic amines) is 1. The molecule has 0 bridgehead atoms. The third kappa shape index (κ3) is 3.81. The maximum absolute atomic E-state index is 12.8. The van der Waals surface area contributed by atoms with Gasteiger partial charge >= 0.3 is 0 Å². The smallest absolute Gasteiger partial charge is 0.225 e. The lowest BCUT2D eigenvalue weighted by Gasteiger charge is -2.34. The van der Waals surface area contributed by atoms with E-state index in [1.54, 1.807) is 16.1 Å². The van der Waals surface area contributed by atoms with E-state index in [1.165, 1.54) is 0 Å². The highest BCUT2D eigenvalue weighted by Crippen LogP contribution is 2.32. The second kappa shape index (κ2) is 7.44. The van der Waals surface area contributed by atoms with Crippen molar-refractivity contribution in [3.8, 4) is 10.7 Å². The van der Waals surface area contributed by atoms with Gasteiger partial charge in [0.15, 0.2) is 0 Å². The van der Waals surface area contributed by atoms with Gasteiger partial charge in [-0.25, -0.2) is 0 Å². The molecule has 1 N–H and O–H groups in total. The lowest BCUT2D eigenvalue weighted by molar-refractivity contribution is -0.138. The van der Waals surface area contributed by atoms with Gasteiger partial charge in [0.1, 0.15) is 0 Å². The molecule has 0 aromatic carbocycles. The number of hydrogen-bond donors (Lipinski definition) is 1. The molecule has 2 aromatic heterocycles. The Labute approximate surface area is 157 Å². The zero-order valence-electron chi connectivity index (χ0n) is 14.9. The monoisotopic (exact) mass is 375 g/mol. The molecule has 1 aliphatic carbocycles. The van der Waals surface area contributed by atoms with E-state index in [2.05, 4.69) is 15.4 Å². The molecule has 1 saturated heterocycles. The number of aromatic nitrogens is 4. The molecule has 4 rings (SSSR count). The summed E-state index contributed by atoms with van der Waals surface area (Å²) in [6.45, 7) is 1.31. The fourth-order valence-electron chi connectivity index (χ4n) is 4.14. The van der Waals surface area contributed by atoms with Crippen LogP contribution in [0.25, 0.3) is 10.7 Å². The summed E-state index contributed by atoms with van der Waals surface area (Å²) in [4.78, 5) is 17.3. The molecule has 8 heteroatoms. The van der Waals surface area contributed by atoms with E-state index in [4.69, 9.17) is 0 Å². The van der Waals surface area contributed by atoms with Crippen molar-refractivity contribution >= 4 is 17.2 Å². The predicted molar refractivity (Wildman–Crippen MR) is 98.5 cm³/mol. The van der Waals surface area contributed by atoms with Crippen LogP contribution in [-0.2, 0) is 11.3 Å². The van der Waals surface area contributed by atoms with Gasteiger partial charge in [0.2, 0.25) is 11.7 Å². The van der Waals surface area contributed by atoms with Gasteiger partial charge in [0.05, 0.1) is 29.5 Å². The minimum Gasteiger partial charge on any atom is -0.389 e. The molecule has 0 radical (unpaired) electrons. The number of rotatable bonds is 5. The highest BCUT2D eigenvalue weighted by atomic mass is 32.1. The van der Waals surface area contributed by atoms with Crippen molar-refractivity contribution in [1.82, 2.24) is 25.1 Å². The Morgan fingerprint density at radius 2 is 2.15 bits per heavy atom. The Morgan fingerprint density at radius 3 is 2.92 bits per heavy atom. The van der Waals surface area contributed by atoms with Crippen molar-refractivity contribution in [2.24, 2.45) is 0 Å². The van der Waals surface area contributed by atoms with E-state index >= 15 is 0 Å². The fourth-order valence-corrected chi connectivity index (χ4v) is 4.79. The summed E-state index contributed by atoms with van der Waals surface area (Å²) < 4.78 is 0. The van der Waals surface area contributed by atoms with Crippen molar-refractivity contribution in [2.45, 2.75) is 69.6 Å². The van der Waals surface area contributed by atoms with Crippen LogP contribution in [0.3, 0.4) is 0 Å². The molecule has 1 aliphatic heterocycles. The minimum absolute atomic E-state index is 0.0653. The summed E-state index contributed by atoms with van der Waals surface area (Å²) in [5, 5.41) is 25.4. The van der Waals surface area contributed by atoms with Crippen LogP contribution in [-0.4, -0.2) is 54.3 Å². The van der Waals surface area contributed by atoms with Crippen LogP contribution in [0.5, 0.6) is 0 Å². The first-order valence-electron chi connectivity index (χ1n) is 9.47. The third-order valence-corrected chi connectivity index (χ3v) is 6.40. The zero-order valence-corrected chi connectivity index (χ0v) is 15.7. The van der Waals surface area contributed by atoms with Gasteiger partial charge in [-0.05, 0) is 42.3 Å². The average Bonchev–Trinajstić information content (AvgIpc) is 3.37. The molecule has 1 amide bonds. The predicted octanol–water partition coefficient (Wildman–Crippen LogP) is 2.48. The van der Waals surface area contributed by atoms with Gasteiger partial charge < -0.3 is 10.0 Å². The average molecular weight is 375 g/mol. The summed E-state index contributed by atoms with van der Waals surface area (Å²) in [5.41, 5.74) is -0.805. The number of amides is 1. The summed E-state index contributed by atoms with van der Waals surface area (Å²) in [6, 6.07) is 4.02. The van der Waals surface area contributed by atoms with E-state index in [0.29, 0.717) is 12.4 Å². The van der Waals surface area contributed by atoms with Crippen LogP contribution >= 0.6 is 11.3 Å². The molecule has 26 heavy (non-hydrogen) atoms. The lowest BCUT2D eigenvalue weighted by Crippen LogP contribution is -2.44. The molecule has 140 valence electrons. The van der Waals surface area contributed by atoms with Crippen molar-refractivity contribution in [2.75, 3.05) is 6.54 Å². The summed E-state index contributed by atoms with van der Waals surface area (Å²) >= 11 is 1.59. The lowest BCUT2D eigenvalue weighted by atomic mass is 9.82. The number of thiophene rings is 1.